The lowest BCUT2D eigenvalue weighted by molar-refractivity contribution is -0.122. The summed E-state index contributed by atoms with van der Waals surface area (Å²) in [6, 6.07) is 15.3. The van der Waals surface area contributed by atoms with Crippen molar-refractivity contribution in [3.8, 4) is 11.5 Å². The molecule has 0 aromatic heterocycles. The summed E-state index contributed by atoms with van der Waals surface area (Å²) < 4.78 is 11.5. The molecule has 1 heterocycles. The largest absolute Gasteiger partial charge is 0.493 e. The van der Waals surface area contributed by atoms with Gasteiger partial charge in [0.2, 0.25) is 0 Å². The molecule has 138 valence electrons. The minimum Gasteiger partial charge on any atom is -0.493 e. The van der Waals surface area contributed by atoms with E-state index in [1.807, 2.05) is 54.6 Å². The molecule has 1 aliphatic rings. The molecule has 0 radical (unpaired) electrons. The number of carbonyl (C=O) groups is 1. The van der Waals surface area contributed by atoms with E-state index in [-0.39, 0.29) is 5.91 Å². The summed E-state index contributed by atoms with van der Waals surface area (Å²) in [5, 5.41) is 0. The normalized spacial score (nSPS) is 15.3. The van der Waals surface area contributed by atoms with Crippen LogP contribution in [-0.4, -0.2) is 28.8 Å². The Bertz CT molecular complexity index is 894. The maximum absolute atomic E-state index is 12.8. The lowest BCUT2D eigenvalue weighted by atomic mass is 10.1. The van der Waals surface area contributed by atoms with Crippen LogP contribution < -0.4 is 9.47 Å². The van der Waals surface area contributed by atoms with Gasteiger partial charge < -0.3 is 9.47 Å². The van der Waals surface area contributed by atoms with E-state index in [0.29, 0.717) is 33.9 Å². The van der Waals surface area contributed by atoms with Crippen LogP contribution in [0.2, 0.25) is 0 Å². The number of ether oxygens (including phenoxy) is 2. The van der Waals surface area contributed by atoms with E-state index in [2.05, 4.69) is 6.58 Å². The van der Waals surface area contributed by atoms with Gasteiger partial charge >= 0.3 is 0 Å². The zero-order chi connectivity index (χ0) is 19.2. The molecule has 2 aromatic carbocycles. The summed E-state index contributed by atoms with van der Waals surface area (Å²) in [5.74, 6) is 1.15. The minimum absolute atomic E-state index is 0.0835. The molecule has 0 N–H and O–H groups in total. The van der Waals surface area contributed by atoms with Gasteiger partial charge in [-0.3, -0.25) is 9.69 Å². The molecule has 0 unspecified atom stereocenters. The van der Waals surface area contributed by atoms with Crippen LogP contribution in [0.5, 0.6) is 11.5 Å². The number of nitrogens with zero attached hydrogens (tertiary/aromatic N) is 1. The third-order valence-corrected chi connectivity index (χ3v) is 5.28. The van der Waals surface area contributed by atoms with Gasteiger partial charge in [0.25, 0.3) is 5.91 Å². The van der Waals surface area contributed by atoms with E-state index < -0.39 is 0 Å². The molecule has 1 amide bonds. The number of benzene rings is 2. The maximum atomic E-state index is 12.8. The van der Waals surface area contributed by atoms with Crippen LogP contribution in [0.4, 0.5) is 0 Å². The van der Waals surface area contributed by atoms with E-state index in [1.165, 1.54) is 11.8 Å². The van der Waals surface area contributed by atoms with E-state index in [9.17, 15) is 4.79 Å². The molecule has 1 aliphatic heterocycles. The number of amides is 1. The third-order valence-electron chi connectivity index (χ3n) is 3.90. The number of thioether (sulfide) groups is 1. The van der Waals surface area contributed by atoms with Gasteiger partial charge in [-0.1, -0.05) is 73.0 Å². The van der Waals surface area contributed by atoms with Crippen molar-refractivity contribution in [1.82, 2.24) is 4.90 Å². The Kier molecular flexibility index (Phi) is 6.32. The van der Waals surface area contributed by atoms with Gasteiger partial charge in [0.05, 0.1) is 18.6 Å². The van der Waals surface area contributed by atoms with E-state index >= 15 is 0 Å². The predicted molar refractivity (Wildman–Crippen MR) is 114 cm³/mol. The molecule has 1 fully saturated rings. The number of carbonyl (C=O) groups excluding carboxylic acids is 1. The van der Waals surface area contributed by atoms with Crippen molar-refractivity contribution in [2.75, 3.05) is 13.7 Å². The highest BCUT2D eigenvalue weighted by molar-refractivity contribution is 8.26. The van der Waals surface area contributed by atoms with Gasteiger partial charge in [0.1, 0.15) is 10.9 Å². The smallest absolute Gasteiger partial charge is 0.266 e. The highest BCUT2D eigenvalue weighted by Crippen LogP contribution is 2.35. The molecule has 2 aromatic rings. The van der Waals surface area contributed by atoms with Crippen LogP contribution in [0, 0.1) is 0 Å². The van der Waals surface area contributed by atoms with Crippen LogP contribution in [0.15, 0.2) is 66.1 Å². The van der Waals surface area contributed by atoms with Gasteiger partial charge in [-0.05, 0) is 29.3 Å². The van der Waals surface area contributed by atoms with Gasteiger partial charge in [-0.15, -0.1) is 0 Å². The van der Waals surface area contributed by atoms with Gasteiger partial charge in [0.15, 0.2) is 11.5 Å². The summed E-state index contributed by atoms with van der Waals surface area (Å²) in [6.45, 7) is 4.51. The molecular weight excluding hydrogens is 378 g/mol. The Balaban J connectivity index is 1.80. The summed E-state index contributed by atoms with van der Waals surface area (Å²) in [5.41, 5.74) is 1.89. The monoisotopic (exact) mass is 397 g/mol. The van der Waals surface area contributed by atoms with Crippen LogP contribution in [0.1, 0.15) is 11.1 Å². The third kappa shape index (κ3) is 4.59. The van der Waals surface area contributed by atoms with Crippen molar-refractivity contribution in [2.24, 2.45) is 0 Å². The molecule has 0 spiro atoms. The average Bonchev–Trinajstić information content (AvgIpc) is 2.95. The number of rotatable bonds is 7. The molecule has 4 nitrogen and oxygen atoms in total. The fourth-order valence-electron chi connectivity index (χ4n) is 2.60. The van der Waals surface area contributed by atoms with Crippen molar-refractivity contribution >= 4 is 40.3 Å². The Morgan fingerprint density at radius 2 is 1.96 bits per heavy atom. The van der Waals surface area contributed by atoms with Crippen LogP contribution >= 0.6 is 24.0 Å². The zero-order valence-electron chi connectivity index (χ0n) is 14.9. The first kappa shape index (κ1) is 19.2. The Hall–Kier alpha value is -2.57. The Morgan fingerprint density at radius 3 is 2.67 bits per heavy atom. The topological polar surface area (TPSA) is 38.8 Å². The van der Waals surface area contributed by atoms with Crippen molar-refractivity contribution < 1.29 is 14.3 Å². The quantitative estimate of drug-likeness (QED) is 0.386. The standard InChI is InChI=1S/C21H19NO3S2/c1-3-11-25-17-10-9-16(12-18(17)24-2)13-19-20(23)22(21(26)27-19)14-15-7-5-4-6-8-15/h3-10,12-13H,1,11,14H2,2H3/b19-13+. The second-order valence-corrected chi connectivity index (χ2v) is 7.44. The second-order valence-electron chi connectivity index (χ2n) is 5.76. The van der Waals surface area contributed by atoms with E-state index in [0.717, 1.165) is 11.1 Å². The maximum Gasteiger partial charge on any atom is 0.266 e. The summed E-state index contributed by atoms with van der Waals surface area (Å²) in [7, 11) is 1.58. The molecule has 3 rings (SSSR count). The van der Waals surface area contributed by atoms with Crippen molar-refractivity contribution in [2.45, 2.75) is 6.54 Å². The average molecular weight is 398 g/mol. The SMILES string of the molecule is C=CCOc1ccc(/C=C2/SC(=S)N(Cc3ccccc3)C2=O)cc1OC. The first-order valence-electron chi connectivity index (χ1n) is 8.33. The fourth-order valence-corrected chi connectivity index (χ4v) is 3.85. The van der Waals surface area contributed by atoms with E-state index in [4.69, 9.17) is 21.7 Å². The van der Waals surface area contributed by atoms with Crippen LogP contribution in [0.3, 0.4) is 0 Å². The molecule has 0 saturated carbocycles. The lowest BCUT2D eigenvalue weighted by Gasteiger charge is -2.14. The molecule has 0 atom stereocenters. The Morgan fingerprint density at radius 1 is 1.19 bits per heavy atom. The zero-order valence-corrected chi connectivity index (χ0v) is 16.5. The highest BCUT2D eigenvalue weighted by atomic mass is 32.2. The second kappa shape index (κ2) is 8.88. The van der Waals surface area contributed by atoms with Gasteiger partial charge in [-0.25, -0.2) is 0 Å². The highest BCUT2D eigenvalue weighted by Gasteiger charge is 2.31. The summed E-state index contributed by atoms with van der Waals surface area (Å²) in [4.78, 5) is 15.0. The number of hydrogen-bond donors (Lipinski definition) is 0. The fraction of sp³-hybridized carbons (Fsp3) is 0.143. The van der Waals surface area contributed by atoms with Crippen molar-refractivity contribution in [3.63, 3.8) is 0 Å². The van der Waals surface area contributed by atoms with Crippen LogP contribution in [-0.2, 0) is 11.3 Å². The first-order valence-corrected chi connectivity index (χ1v) is 9.56. The van der Waals surface area contributed by atoms with Crippen LogP contribution in [0.25, 0.3) is 6.08 Å². The molecular formula is C21H19NO3S2. The predicted octanol–water partition coefficient (Wildman–Crippen LogP) is 4.66. The summed E-state index contributed by atoms with van der Waals surface area (Å²) in [6.07, 6.45) is 3.50. The van der Waals surface area contributed by atoms with Crippen molar-refractivity contribution in [1.29, 1.82) is 0 Å². The van der Waals surface area contributed by atoms with E-state index in [1.54, 1.807) is 18.1 Å². The Labute approximate surface area is 168 Å². The minimum atomic E-state index is -0.0835. The van der Waals surface area contributed by atoms with Crippen molar-refractivity contribution in [3.05, 3.63) is 77.2 Å². The number of methoxy groups -OCH3 is 1. The molecule has 0 bridgehead atoms. The number of hydrogen-bond acceptors (Lipinski definition) is 5. The lowest BCUT2D eigenvalue weighted by Crippen LogP contribution is -2.27. The van der Waals surface area contributed by atoms with Gasteiger partial charge in [-0.2, -0.15) is 0 Å². The molecule has 6 heteroatoms. The molecule has 27 heavy (non-hydrogen) atoms. The van der Waals surface area contributed by atoms with Gasteiger partial charge in [0, 0.05) is 0 Å². The molecule has 0 aliphatic carbocycles. The first-order chi connectivity index (χ1) is 13.1. The molecule has 1 saturated heterocycles. The summed E-state index contributed by atoms with van der Waals surface area (Å²) >= 11 is 6.71. The number of thiocarbonyl (C=S) groups is 1.